The highest BCUT2D eigenvalue weighted by molar-refractivity contribution is 6.35. The van der Waals surface area contributed by atoms with Gasteiger partial charge in [-0.1, -0.05) is 57.0 Å². The fourth-order valence-electron chi connectivity index (χ4n) is 2.53. The number of hydrogen-bond acceptors (Lipinski definition) is 2. The van der Waals surface area contributed by atoms with E-state index in [4.69, 9.17) is 23.2 Å². The maximum absolute atomic E-state index is 12.6. The van der Waals surface area contributed by atoms with E-state index in [1.807, 2.05) is 27.7 Å². The molecule has 1 aromatic carbocycles. The Hall–Kier alpha value is -1.26. The number of carbonyl (C=O) groups is 2. The first-order chi connectivity index (χ1) is 11.8. The van der Waals surface area contributed by atoms with Gasteiger partial charge in [0.15, 0.2) is 0 Å². The first-order valence-electron chi connectivity index (χ1n) is 8.81. The van der Waals surface area contributed by atoms with Crippen LogP contribution in [0, 0.1) is 5.92 Å². The van der Waals surface area contributed by atoms with Crippen LogP contribution in [0.2, 0.25) is 10.0 Å². The smallest absolute Gasteiger partial charge is 0.242 e. The maximum atomic E-state index is 12.6. The van der Waals surface area contributed by atoms with Crippen LogP contribution in [0.1, 0.15) is 52.5 Å². The Labute approximate surface area is 160 Å². The highest BCUT2D eigenvalue weighted by Crippen LogP contribution is 2.24. The van der Waals surface area contributed by atoms with Crippen molar-refractivity contribution >= 4 is 35.0 Å². The molecule has 4 nitrogen and oxygen atoms in total. The van der Waals surface area contributed by atoms with Crippen LogP contribution in [0.5, 0.6) is 0 Å². The fraction of sp³-hybridized carbons (Fsp3) is 0.579. The number of amides is 2. The number of rotatable bonds is 9. The normalized spacial score (nSPS) is 12.1. The van der Waals surface area contributed by atoms with Gasteiger partial charge in [-0.15, -0.1) is 0 Å². The van der Waals surface area contributed by atoms with Gasteiger partial charge in [0.05, 0.1) is 0 Å². The highest BCUT2D eigenvalue weighted by Gasteiger charge is 2.28. The molecule has 1 N–H and O–H groups in total. The summed E-state index contributed by atoms with van der Waals surface area (Å²) in [6, 6.07) is 4.69. The number of halogens is 2. The predicted molar refractivity (Wildman–Crippen MR) is 104 cm³/mol. The van der Waals surface area contributed by atoms with E-state index in [-0.39, 0.29) is 11.8 Å². The lowest BCUT2D eigenvalue weighted by Gasteiger charge is -2.31. The molecule has 0 aliphatic carbocycles. The standard InChI is InChI=1S/C19H28Cl2N2O2/c1-5-7-18(24)23(12-14-8-9-15(20)10-16(14)21)17(6-2)19(25)22-11-13(3)4/h8-10,13,17H,5-7,11-12H2,1-4H3,(H,22,25). The molecule has 0 aliphatic rings. The van der Waals surface area contributed by atoms with Gasteiger partial charge in [-0.05, 0) is 36.5 Å². The van der Waals surface area contributed by atoms with Crippen molar-refractivity contribution in [2.45, 2.75) is 59.5 Å². The molecule has 140 valence electrons. The van der Waals surface area contributed by atoms with Crippen LogP contribution < -0.4 is 5.32 Å². The Balaban J connectivity index is 3.04. The van der Waals surface area contributed by atoms with Gasteiger partial charge in [0.2, 0.25) is 11.8 Å². The molecule has 0 heterocycles. The van der Waals surface area contributed by atoms with E-state index in [0.29, 0.717) is 41.9 Å². The Morgan fingerprint density at radius 1 is 1.20 bits per heavy atom. The van der Waals surface area contributed by atoms with Crippen LogP contribution in [0.15, 0.2) is 18.2 Å². The SMILES string of the molecule is CCCC(=O)N(Cc1ccc(Cl)cc1Cl)C(CC)C(=O)NCC(C)C. The van der Waals surface area contributed by atoms with Crippen molar-refractivity contribution in [1.82, 2.24) is 10.2 Å². The minimum absolute atomic E-state index is 0.0416. The van der Waals surface area contributed by atoms with E-state index in [0.717, 1.165) is 12.0 Å². The molecular formula is C19H28Cl2N2O2. The minimum Gasteiger partial charge on any atom is -0.354 e. The van der Waals surface area contributed by atoms with Crippen molar-refractivity contribution in [2.24, 2.45) is 5.92 Å². The molecule has 1 atom stereocenters. The lowest BCUT2D eigenvalue weighted by atomic mass is 10.1. The average Bonchev–Trinajstić information content (AvgIpc) is 2.54. The lowest BCUT2D eigenvalue weighted by molar-refractivity contribution is -0.141. The third-order valence-corrected chi connectivity index (χ3v) is 4.48. The van der Waals surface area contributed by atoms with Crippen LogP contribution >= 0.6 is 23.2 Å². The zero-order chi connectivity index (χ0) is 19.0. The van der Waals surface area contributed by atoms with E-state index in [9.17, 15) is 9.59 Å². The van der Waals surface area contributed by atoms with Crippen molar-refractivity contribution in [2.75, 3.05) is 6.54 Å². The number of nitrogens with zero attached hydrogens (tertiary/aromatic N) is 1. The van der Waals surface area contributed by atoms with Crippen molar-refractivity contribution in [3.8, 4) is 0 Å². The summed E-state index contributed by atoms with van der Waals surface area (Å²) in [7, 11) is 0. The molecule has 2 amide bonds. The molecule has 0 fully saturated rings. The monoisotopic (exact) mass is 386 g/mol. The molecule has 0 aromatic heterocycles. The third kappa shape index (κ3) is 6.87. The molecule has 0 saturated heterocycles. The van der Waals surface area contributed by atoms with E-state index in [1.165, 1.54) is 0 Å². The second-order valence-corrected chi connectivity index (χ2v) is 7.41. The largest absolute Gasteiger partial charge is 0.354 e. The summed E-state index contributed by atoms with van der Waals surface area (Å²) >= 11 is 12.2. The van der Waals surface area contributed by atoms with Crippen molar-refractivity contribution in [3.63, 3.8) is 0 Å². The van der Waals surface area contributed by atoms with Crippen molar-refractivity contribution < 1.29 is 9.59 Å². The summed E-state index contributed by atoms with van der Waals surface area (Å²) in [4.78, 5) is 26.9. The van der Waals surface area contributed by atoms with Gasteiger partial charge in [-0.3, -0.25) is 9.59 Å². The first-order valence-corrected chi connectivity index (χ1v) is 9.56. The molecule has 0 bridgehead atoms. The van der Waals surface area contributed by atoms with Gasteiger partial charge in [0.1, 0.15) is 6.04 Å². The number of hydrogen-bond donors (Lipinski definition) is 1. The van der Waals surface area contributed by atoms with E-state index < -0.39 is 6.04 Å². The molecule has 1 aromatic rings. The quantitative estimate of drug-likeness (QED) is 0.669. The number of benzene rings is 1. The zero-order valence-corrected chi connectivity index (χ0v) is 17.0. The van der Waals surface area contributed by atoms with Crippen LogP contribution in [0.4, 0.5) is 0 Å². The van der Waals surface area contributed by atoms with Gasteiger partial charge in [0, 0.05) is 29.6 Å². The average molecular weight is 387 g/mol. The molecule has 0 spiro atoms. The maximum Gasteiger partial charge on any atom is 0.242 e. The van der Waals surface area contributed by atoms with Crippen LogP contribution in [-0.2, 0) is 16.1 Å². The molecule has 25 heavy (non-hydrogen) atoms. The van der Waals surface area contributed by atoms with Crippen LogP contribution in [-0.4, -0.2) is 29.3 Å². The van der Waals surface area contributed by atoms with Crippen LogP contribution in [0.3, 0.4) is 0 Å². The topological polar surface area (TPSA) is 49.4 Å². The van der Waals surface area contributed by atoms with E-state index in [1.54, 1.807) is 23.1 Å². The van der Waals surface area contributed by atoms with Gasteiger partial charge < -0.3 is 10.2 Å². The summed E-state index contributed by atoms with van der Waals surface area (Å²) in [6.07, 6.45) is 1.68. The Bertz CT molecular complexity index is 591. The molecule has 0 aliphatic heterocycles. The third-order valence-electron chi connectivity index (χ3n) is 3.89. The molecular weight excluding hydrogens is 359 g/mol. The summed E-state index contributed by atoms with van der Waals surface area (Å²) in [6.45, 7) is 8.82. The zero-order valence-electron chi connectivity index (χ0n) is 15.4. The summed E-state index contributed by atoms with van der Waals surface area (Å²) < 4.78 is 0. The fourth-order valence-corrected chi connectivity index (χ4v) is 3.00. The van der Waals surface area contributed by atoms with Gasteiger partial charge >= 0.3 is 0 Å². The molecule has 1 rings (SSSR count). The molecule has 1 unspecified atom stereocenters. The second kappa shape index (κ2) is 10.7. The van der Waals surface area contributed by atoms with Crippen molar-refractivity contribution in [1.29, 1.82) is 0 Å². The lowest BCUT2D eigenvalue weighted by Crippen LogP contribution is -2.49. The van der Waals surface area contributed by atoms with Crippen LogP contribution in [0.25, 0.3) is 0 Å². The van der Waals surface area contributed by atoms with Gasteiger partial charge in [-0.2, -0.15) is 0 Å². The van der Waals surface area contributed by atoms with Gasteiger partial charge in [0.25, 0.3) is 0 Å². The van der Waals surface area contributed by atoms with Gasteiger partial charge in [-0.25, -0.2) is 0 Å². The number of carbonyl (C=O) groups excluding carboxylic acids is 2. The summed E-state index contributed by atoms with van der Waals surface area (Å²) in [5.41, 5.74) is 0.783. The molecule has 0 radical (unpaired) electrons. The first kappa shape index (κ1) is 21.8. The van der Waals surface area contributed by atoms with E-state index >= 15 is 0 Å². The minimum atomic E-state index is -0.510. The predicted octanol–water partition coefficient (Wildman–Crippen LogP) is 4.67. The Kier molecular flexibility index (Phi) is 9.30. The van der Waals surface area contributed by atoms with Crippen molar-refractivity contribution in [3.05, 3.63) is 33.8 Å². The Morgan fingerprint density at radius 2 is 1.88 bits per heavy atom. The highest BCUT2D eigenvalue weighted by atomic mass is 35.5. The molecule has 6 heteroatoms. The Morgan fingerprint density at radius 3 is 2.40 bits per heavy atom. The van der Waals surface area contributed by atoms with E-state index in [2.05, 4.69) is 5.32 Å². The summed E-state index contributed by atoms with van der Waals surface area (Å²) in [5.74, 6) is 0.192. The second-order valence-electron chi connectivity index (χ2n) is 6.57. The summed E-state index contributed by atoms with van der Waals surface area (Å²) in [5, 5.41) is 3.98. The number of nitrogens with one attached hydrogen (secondary N) is 1. The molecule has 0 saturated carbocycles.